The quantitative estimate of drug-likeness (QED) is 0.862. The van der Waals surface area contributed by atoms with Crippen LogP contribution in [0, 0.1) is 0 Å². The van der Waals surface area contributed by atoms with Crippen LogP contribution in [0.1, 0.15) is 45.9 Å². The second-order valence-corrected chi connectivity index (χ2v) is 6.47. The molecule has 0 radical (unpaired) electrons. The van der Waals surface area contributed by atoms with Gasteiger partial charge in [-0.05, 0) is 39.3 Å². The van der Waals surface area contributed by atoms with Crippen LogP contribution in [-0.2, 0) is 11.0 Å². The summed E-state index contributed by atoms with van der Waals surface area (Å²) in [5.74, 6) is 0.843. The zero-order valence-corrected chi connectivity index (χ0v) is 10.6. The van der Waals surface area contributed by atoms with Crippen molar-refractivity contribution < 1.29 is 8.63 Å². The maximum Gasteiger partial charge on any atom is 0.121 e. The van der Waals surface area contributed by atoms with Gasteiger partial charge in [0.2, 0.25) is 0 Å². The second kappa shape index (κ2) is 4.94. The van der Waals surface area contributed by atoms with Crippen molar-refractivity contribution in [2.75, 3.05) is 0 Å². The van der Waals surface area contributed by atoms with Crippen molar-refractivity contribution in [3.63, 3.8) is 0 Å². The Kier molecular flexibility index (Phi) is 4.11. The molecule has 0 saturated heterocycles. The Morgan fingerprint density at radius 1 is 1.53 bits per heavy atom. The summed E-state index contributed by atoms with van der Waals surface area (Å²) < 4.78 is 20.0. The first-order valence-corrected chi connectivity index (χ1v) is 6.31. The van der Waals surface area contributed by atoms with Crippen LogP contribution in [0.15, 0.2) is 22.8 Å². The highest BCUT2D eigenvalue weighted by Gasteiger charge is 2.23. The standard InChI is InChI=1S/C11H19NO2S/c1-5-9(10-7-6-8-14-10)12-15(13)11(2,3)4/h6-9,12H,5H2,1-4H3/t9-,15-/m1/s1. The average molecular weight is 229 g/mol. The third-order valence-electron chi connectivity index (χ3n) is 2.10. The van der Waals surface area contributed by atoms with Gasteiger partial charge in [0.05, 0.1) is 28.0 Å². The summed E-state index contributed by atoms with van der Waals surface area (Å²) in [4.78, 5) is 0. The molecule has 0 aromatic carbocycles. The SMILES string of the molecule is CC[C@@H](N[S@](=O)C(C)(C)C)c1ccco1. The molecule has 15 heavy (non-hydrogen) atoms. The molecule has 0 bridgehead atoms. The van der Waals surface area contributed by atoms with Gasteiger partial charge in [-0.2, -0.15) is 0 Å². The van der Waals surface area contributed by atoms with Gasteiger partial charge in [0, 0.05) is 0 Å². The fourth-order valence-electron chi connectivity index (χ4n) is 1.14. The van der Waals surface area contributed by atoms with Crippen LogP contribution in [0.2, 0.25) is 0 Å². The molecular weight excluding hydrogens is 210 g/mol. The van der Waals surface area contributed by atoms with Crippen LogP contribution >= 0.6 is 0 Å². The lowest BCUT2D eigenvalue weighted by atomic mass is 10.2. The summed E-state index contributed by atoms with van der Waals surface area (Å²) in [6.45, 7) is 7.89. The van der Waals surface area contributed by atoms with Gasteiger partial charge in [-0.1, -0.05) is 6.92 Å². The number of hydrogen-bond acceptors (Lipinski definition) is 2. The molecule has 1 rings (SSSR count). The average Bonchev–Trinajstić information content (AvgIpc) is 2.64. The van der Waals surface area contributed by atoms with E-state index in [1.165, 1.54) is 0 Å². The van der Waals surface area contributed by atoms with Crippen LogP contribution < -0.4 is 4.72 Å². The van der Waals surface area contributed by atoms with E-state index in [0.717, 1.165) is 12.2 Å². The number of nitrogens with one attached hydrogen (secondary N) is 1. The first kappa shape index (κ1) is 12.5. The fraction of sp³-hybridized carbons (Fsp3) is 0.636. The van der Waals surface area contributed by atoms with Crippen LogP contribution in [0.25, 0.3) is 0 Å². The summed E-state index contributed by atoms with van der Waals surface area (Å²) in [7, 11) is -1.06. The summed E-state index contributed by atoms with van der Waals surface area (Å²) in [6.07, 6.45) is 2.50. The molecule has 0 aliphatic carbocycles. The Hall–Kier alpha value is -0.610. The Balaban J connectivity index is 2.67. The van der Waals surface area contributed by atoms with E-state index in [-0.39, 0.29) is 10.8 Å². The molecule has 86 valence electrons. The third kappa shape index (κ3) is 3.47. The molecule has 1 aromatic heterocycles. The number of furan rings is 1. The molecule has 0 saturated carbocycles. The molecule has 4 heteroatoms. The highest BCUT2D eigenvalue weighted by atomic mass is 32.2. The van der Waals surface area contributed by atoms with E-state index in [9.17, 15) is 4.21 Å². The second-order valence-electron chi connectivity index (χ2n) is 4.48. The molecule has 0 aliphatic rings. The summed E-state index contributed by atoms with van der Waals surface area (Å²) >= 11 is 0. The van der Waals surface area contributed by atoms with Crippen LogP contribution in [-0.4, -0.2) is 8.96 Å². The zero-order valence-electron chi connectivity index (χ0n) is 9.74. The lowest BCUT2D eigenvalue weighted by molar-refractivity contribution is 0.441. The highest BCUT2D eigenvalue weighted by molar-refractivity contribution is 7.84. The molecular formula is C11H19NO2S. The van der Waals surface area contributed by atoms with E-state index in [4.69, 9.17) is 4.42 Å². The minimum Gasteiger partial charge on any atom is -0.468 e. The zero-order chi connectivity index (χ0) is 11.5. The third-order valence-corrected chi connectivity index (χ3v) is 3.71. The van der Waals surface area contributed by atoms with E-state index in [0.29, 0.717) is 0 Å². The number of rotatable bonds is 4. The summed E-state index contributed by atoms with van der Waals surface area (Å²) in [5, 5.41) is 0. The molecule has 0 aliphatic heterocycles. The minimum absolute atomic E-state index is 0.0278. The fourth-order valence-corrected chi connectivity index (χ4v) is 2.03. The van der Waals surface area contributed by atoms with Gasteiger partial charge in [-0.25, -0.2) is 8.93 Å². The molecule has 2 atom stereocenters. The summed E-state index contributed by atoms with van der Waals surface area (Å²) in [5.41, 5.74) is 0. The van der Waals surface area contributed by atoms with Gasteiger partial charge < -0.3 is 4.42 Å². The van der Waals surface area contributed by atoms with Gasteiger partial charge in [0.15, 0.2) is 0 Å². The topological polar surface area (TPSA) is 42.2 Å². The molecule has 0 amide bonds. The van der Waals surface area contributed by atoms with Crippen molar-refractivity contribution in [1.82, 2.24) is 4.72 Å². The lowest BCUT2D eigenvalue weighted by Crippen LogP contribution is -2.35. The molecule has 0 spiro atoms. The van der Waals surface area contributed by atoms with Gasteiger partial charge in [0.25, 0.3) is 0 Å². The van der Waals surface area contributed by atoms with E-state index in [1.807, 2.05) is 39.8 Å². The first-order chi connectivity index (χ1) is 6.95. The largest absolute Gasteiger partial charge is 0.468 e. The highest BCUT2D eigenvalue weighted by Crippen LogP contribution is 2.20. The van der Waals surface area contributed by atoms with E-state index < -0.39 is 11.0 Å². The van der Waals surface area contributed by atoms with Gasteiger partial charge in [-0.15, -0.1) is 0 Å². The Bertz CT molecular complexity index is 314. The van der Waals surface area contributed by atoms with Crippen molar-refractivity contribution >= 4 is 11.0 Å². The summed E-state index contributed by atoms with van der Waals surface area (Å²) in [6, 6.07) is 3.78. The molecule has 1 N–H and O–H groups in total. The first-order valence-electron chi connectivity index (χ1n) is 5.16. The monoisotopic (exact) mass is 229 g/mol. The van der Waals surface area contributed by atoms with Crippen molar-refractivity contribution in [3.8, 4) is 0 Å². The van der Waals surface area contributed by atoms with E-state index in [2.05, 4.69) is 4.72 Å². The van der Waals surface area contributed by atoms with Crippen LogP contribution in [0.3, 0.4) is 0 Å². The number of hydrogen-bond donors (Lipinski definition) is 1. The van der Waals surface area contributed by atoms with Gasteiger partial charge in [-0.3, -0.25) is 0 Å². The smallest absolute Gasteiger partial charge is 0.121 e. The predicted octanol–water partition coefficient (Wildman–Crippen LogP) is 2.78. The molecule has 1 aromatic rings. The van der Waals surface area contributed by atoms with Crippen LogP contribution in [0.5, 0.6) is 0 Å². The molecule has 1 heterocycles. The minimum atomic E-state index is -1.06. The van der Waals surface area contributed by atoms with E-state index >= 15 is 0 Å². The van der Waals surface area contributed by atoms with E-state index in [1.54, 1.807) is 6.26 Å². The molecule has 3 nitrogen and oxygen atoms in total. The van der Waals surface area contributed by atoms with Crippen molar-refractivity contribution in [3.05, 3.63) is 24.2 Å². The van der Waals surface area contributed by atoms with Crippen molar-refractivity contribution in [1.29, 1.82) is 0 Å². The van der Waals surface area contributed by atoms with Gasteiger partial charge >= 0.3 is 0 Å². The molecule has 0 unspecified atom stereocenters. The lowest BCUT2D eigenvalue weighted by Gasteiger charge is -2.22. The molecule has 0 fully saturated rings. The predicted molar refractivity (Wildman–Crippen MR) is 62.8 cm³/mol. The Morgan fingerprint density at radius 3 is 2.60 bits per heavy atom. The normalized spacial score (nSPS) is 16.3. The van der Waals surface area contributed by atoms with Crippen molar-refractivity contribution in [2.24, 2.45) is 0 Å². The maximum atomic E-state index is 11.9. The maximum absolute atomic E-state index is 11.9. The van der Waals surface area contributed by atoms with Gasteiger partial charge in [0.1, 0.15) is 5.76 Å². The Labute approximate surface area is 93.8 Å². The Morgan fingerprint density at radius 2 is 2.20 bits per heavy atom. The van der Waals surface area contributed by atoms with Crippen LogP contribution in [0.4, 0.5) is 0 Å². The van der Waals surface area contributed by atoms with Crippen molar-refractivity contribution in [2.45, 2.75) is 44.9 Å².